The summed E-state index contributed by atoms with van der Waals surface area (Å²) in [4.78, 5) is 7.19. The molecule has 0 radical (unpaired) electrons. The highest BCUT2D eigenvalue weighted by atomic mass is 16.5. The minimum Gasteiger partial charge on any atom is -0.494 e. The molecule has 1 N–H and O–H groups in total. The van der Waals surface area contributed by atoms with Crippen molar-refractivity contribution in [3.8, 4) is 5.75 Å². The molecule has 1 saturated heterocycles. The van der Waals surface area contributed by atoms with Crippen molar-refractivity contribution < 1.29 is 4.74 Å². The zero-order valence-corrected chi connectivity index (χ0v) is 16.7. The van der Waals surface area contributed by atoms with Gasteiger partial charge >= 0.3 is 0 Å². The molecule has 0 amide bonds. The molecule has 5 nitrogen and oxygen atoms in total. The van der Waals surface area contributed by atoms with Gasteiger partial charge in [-0.3, -0.25) is 4.90 Å². The number of piperidine rings is 1. The predicted molar refractivity (Wildman–Crippen MR) is 115 cm³/mol. The highest BCUT2D eigenvalue weighted by Gasteiger charge is 2.10. The van der Waals surface area contributed by atoms with E-state index in [0.717, 1.165) is 42.2 Å². The summed E-state index contributed by atoms with van der Waals surface area (Å²) in [7, 11) is 2.04. The molecule has 0 bridgehead atoms. The van der Waals surface area contributed by atoms with Gasteiger partial charge in [-0.2, -0.15) is 0 Å². The van der Waals surface area contributed by atoms with E-state index in [9.17, 15) is 0 Å². The Morgan fingerprint density at radius 2 is 1.89 bits per heavy atom. The second-order valence-electron chi connectivity index (χ2n) is 7.60. The number of anilines is 1. The van der Waals surface area contributed by atoms with Gasteiger partial charge in [0.1, 0.15) is 5.75 Å². The van der Waals surface area contributed by atoms with Crippen molar-refractivity contribution in [3.05, 3.63) is 54.1 Å². The Hall–Kier alpha value is -2.53. The SMILES string of the molecule is Cn1c(NCCCOc2cccc(CN3CCCCC3)c2)nc2ccccc21. The van der Waals surface area contributed by atoms with Gasteiger partial charge in [-0.25, -0.2) is 4.98 Å². The van der Waals surface area contributed by atoms with Crippen molar-refractivity contribution in [2.24, 2.45) is 7.05 Å². The van der Waals surface area contributed by atoms with E-state index >= 15 is 0 Å². The minimum absolute atomic E-state index is 0.699. The number of ether oxygens (including phenoxy) is 1. The lowest BCUT2D eigenvalue weighted by Gasteiger charge is -2.26. The van der Waals surface area contributed by atoms with E-state index in [0.29, 0.717) is 6.61 Å². The average Bonchev–Trinajstić information content (AvgIpc) is 3.05. The monoisotopic (exact) mass is 378 g/mol. The molecule has 4 rings (SSSR count). The maximum Gasteiger partial charge on any atom is 0.203 e. The van der Waals surface area contributed by atoms with Crippen molar-refractivity contribution in [1.82, 2.24) is 14.5 Å². The summed E-state index contributed by atoms with van der Waals surface area (Å²) in [6.45, 7) is 5.01. The summed E-state index contributed by atoms with van der Waals surface area (Å²) in [5.74, 6) is 1.88. The summed E-state index contributed by atoms with van der Waals surface area (Å²) < 4.78 is 8.07. The summed E-state index contributed by atoms with van der Waals surface area (Å²) >= 11 is 0. The lowest BCUT2D eigenvalue weighted by molar-refractivity contribution is 0.220. The Morgan fingerprint density at radius 3 is 2.75 bits per heavy atom. The zero-order valence-electron chi connectivity index (χ0n) is 16.7. The number of nitrogens with one attached hydrogen (secondary N) is 1. The van der Waals surface area contributed by atoms with E-state index < -0.39 is 0 Å². The minimum atomic E-state index is 0.699. The van der Waals surface area contributed by atoms with E-state index in [-0.39, 0.29) is 0 Å². The number of hydrogen-bond donors (Lipinski definition) is 1. The van der Waals surface area contributed by atoms with Gasteiger partial charge in [0.15, 0.2) is 0 Å². The van der Waals surface area contributed by atoms with Gasteiger partial charge in [-0.15, -0.1) is 0 Å². The summed E-state index contributed by atoms with van der Waals surface area (Å²) in [5.41, 5.74) is 3.51. The Labute approximate surface area is 167 Å². The summed E-state index contributed by atoms with van der Waals surface area (Å²) in [6.07, 6.45) is 4.96. The van der Waals surface area contributed by atoms with Gasteiger partial charge in [-0.1, -0.05) is 30.7 Å². The molecule has 2 aromatic carbocycles. The molecular formula is C23H30N4O. The Bertz CT molecular complexity index is 899. The van der Waals surface area contributed by atoms with Crippen molar-refractivity contribution >= 4 is 17.0 Å². The third-order valence-electron chi connectivity index (χ3n) is 5.41. The molecule has 3 aromatic rings. The number of imidazole rings is 1. The third-order valence-corrected chi connectivity index (χ3v) is 5.41. The van der Waals surface area contributed by atoms with Crippen LogP contribution in [0.3, 0.4) is 0 Å². The molecular weight excluding hydrogens is 348 g/mol. The number of benzene rings is 2. The number of fused-ring (bicyclic) bond motifs is 1. The van der Waals surface area contributed by atoms with Crippen molar-refractivity contribution in [1.29, 1.82) is 0 Å². The molecule has 1 aliphatic rings. The fourth-order valence-corrected chi connectivity index (χ4v) is 3.88. The molecule has 1 aromatic heterocycles. The Balaban J connectivity index is 1.22. The molecule has 2 heterocycles. The Kier molecular flexibility index (Phi) is 6.12. The van der Waals surface area contributed by atoms with Gasteiger partial charge in [0.05, 0.1) is 17.6 Å². The van der Waals surface area contributed by atoms with Gasteiger partial charge in [0, 0.05) is 20.1 Å². The van der Waals surface area contributed by atoms with Crippen LogP contribution in [-0.2, 0) is 13.6 Å². The van der Waals surface area contributed by atoms with Crippen molar-refractivity contribution in [2.75, 3.05) is 31.6 Å². The quantitative estimate of drug-likeness (QED) is 0.589. The van der Waals surface area contributed by atoms with Crippen LogP contribution in [0.2, 0.25) is 0 Å². The maximum atomic E-state index is 5.98. The highest BCUT2D eigenvalue weighted by molar-refractivity contribution is 5.78. The van der Waals surface area contributed by atoms with Crippen LogP contribution in [0.1, 0.15) is 31.2 Å². The summed E-state index contributed by atoms with van der Waals surface area (Å²) in [5, 5.41) is 3.42. The zero-order chi connectivity index (χ0) is 19.2. The lowest BCUT2D eigenvalue weighted by Crippen LogP contribution is -2.29. The standard InChI is InChI=1S/C23H30N4O/c1-26-22-12-4-3-11-21(22)25-23(26)24-13-8-16-28-20-10-7-9-19(17-20)18-27-14-5-2-6-15-27/h3-4,7,9-12,17H,2,5-6,8,13-16,18H2,1H3,(H,24,25). The fourth-order valence-electron chi connectivity index (χ4n) is 3.88. The van der Waals surface area contributed by atoms with Crippen LogP contribution in [0, 0.1) is 0 Å². The molecule has 1 aliphatic heterocycles. The smallest absolute Gasteiger partial charge is 0.203 e. The first kappa shape index (κ1) is 18.8. The van der Waals surface area contributed by atoms with E-state index in [2.05, 4.69) is 50.1 Å². The molecule has 0 saturated carbocycles. The fraction of sp³-hybridized carbons (Fsp3) is 0.435. The van der Waals surface area contributed by atoms with E-state index in [1.54, 1.807) is 0 Å². The topological polar surface area (TPSA) is 42.3 Å². The predicted octanol–water partition coefficient (Wildman–Crippen LogP) is 4.44. The molecule has 1 fully saturated rings. The molecule has 0 atom stereocenters. The molecule has 0 aliphatic carbocycles. The highest BCUT2D eigenvalue weighted by Crippen LogP contribution is 2.19. The molecule has 0 spiro atoms. The second kappa shape index (κ2) is 9.11. The second-order valence-corrected chi connectivity index (χ2v) is 7.60. The van der Waals surface area contributed by atoms with E-state index in [4.69, 9.17) is 4.74 Å². The maximum absolute atomic E-state index is 5.98. The van der Waals surface area contributed by atoms with Crippen LogP contribution in [-0.4, -0.2) is 40.7 Å². The van der Waals surface area contributed by atoms with Gasteiger partial charge < -0.3 is 14.6 Å². The number of nitrogens with zero attached hydrogens (tertiary/aromatic N) is 3. The van der Waals surface area contributed by atoms with Crippen LogP contribution in [0.4, 0.5) is 5.95 Å². The van der Waals surface area contributed by atoms with Crippen LogP contribution < -0.4 is 10.1 Å². The van der Waals surface area contributed by atoms with Crippen LogP contribution in [0.15, 0.2) is 48.5 Å². The van der Waals surface area contributed by atoms with Crippen LogP contribution in [0.5, 0.6) is 5.75 Å². The van der Waals surface area contributed by atoms with E-state index in [1.165, 1.54) is 37.9 Å². The molecule has 28 heavy (non-hydrogen) atoms. The van der Waals surface area contributed by atoms with Crippen LogP contribution >= 0.6 is 0 Å². The van der Waals surface area contributed by atoms with Gasteiger partial charge in [0.25, 0.3) is 0 Å². The van der Waals surface area contributed by atoms with Gasteiger partial charge in [0.2, 0.25) is 5.95 Å². The van der Waals surface area contributed by atoms with E-state index in [1.807, 2.05) is 25.2 Å². The number of likely N-dealkylation sites (tertiary alicyclic amines) is 1. The summed E-state index contributed by atoms with van der Waals surface area (Å²) in [6, 6.07) is 16.7. The Morgan fingerprint density at radius 1 is 1.04 bits per heavy atom. The normalized spacial score (nSPS) is 15.0. The number of aryl methyl sites for hydroxylation is 1. The van der Waals surface area contributed by atoms with Crippen molar-refractivity contribution in [3.63, 3.8) is 0 Å². The first-order valence-corrected chi connectivity index (χ1v) is 10.4. The molecule has 148 valence electrons. The number of para-hydroxylation sites is 2. The average molecular weight is 379 g/mol. The number of aromatic nitrogens is 2. The number of hydrogen-bond acceptors (Lipinski definition) is 4. The molecule has 0 unspecified atom stereocenters. The first-order valence-electron chi connectivity index (χ1n) is 10.4. The number of rotatable bonds is 8. The lowest BCUT2D eigenvalue weighted by atomic mass is 10.1. The van der Waals surface area contributed by atoms with Crippen LogP contribution in [0.25, 0.3) is 11.0 Å². The van der Waals surface area contributed by atoms with Gasteiger partial charge in [-0.05, 0) is 62.2 Å². The largest absolute Gasteiger partial charge is 0.494 e. The first-order chi connectivity index (χ1) is 13.8. The molecule has 5 heteroatoms. The van der Waals surface area contributed by atoms with Crippen molar-refractivity contribution in [2.45, 2.75) is 32.2 Å². The third kappa shape index (κ3) is 4.65.